The molecule has 1 aromatic carbocycles. The summed E-state index contributed by atoms with van der Waals surface area (Å²) in [5, 5.41) is 0.546. The fourth-order valence-electron chi connectivity index (χ4n) is 2.36. The second-order valence-electron chi connectivity index (χ2n) is 8.06. The predicted molar refractivity (Wildman–Crippen MR) is 108 cm³/mol. The van der Waals surface area contributed by atoms with E-state index >= 15 is 0 Å². The summed E-state index contributed by atoms with van der Waals surface area (Å²) in [5.41, 5.74) is -1.61. The number of hydrogen-bond donors (Lipinski definition) is 0. The Labute approximate surface area is 168 Å². The Morgan fingerprint density at radius 1 is 0.893 bits per heavy atom. The van der Waals surface area contributed by atoms with Crippen molar-refractivity contribution in [1.82, 2.24) is 0 Å². The number of thiophene rings is 1. The van der Waals surface area contributed by atoms with E-state index in [0.717, 1.165) is 20.9 Å². The van der Waals surface area contributed by atoms with Gasteiger partial charge in [0.25, 0.3) is 0 Å². The van der Waals surface area contributed by atoms with E-state index in [1.807, 2.05) is 0 Å². The molecule has 7 nitrogen and oxygen atoms in total. The van der Waals surface area contributed by atoms with E-state index in [1.54, 1.807) is 65.8 Å². The quantitative estimate of drug-likeness (QED) is 0.492. The van der Waals surface area contributed by atoms with Gasteiger partial charge < -0.3 is 14.2 Å². The minimum atomic E-state index is -0.935. The number of benzene rings is 1. The molecule has 0 aliphatic carbocycles. The molecule has 28 heavy (non-hydrogen) atoms. The fourth-order valence-corrected chi connectivity index (χ4v) is 3.46. The first-order valence-electron chi connectivity index (χ1n) is 8.70. The minimum Gasteiger partial charge on any atom is -0.465 e. The van der Waals surface area contributed by atoms with Gasteiger partial charge in [0.1, 0.15) is 16.1 Å². The third-order valence-corrected chi connectivity index (χ3v) is 4.46. The second kappa shape index (κ2) is 7.79. The highest BCUT2D eigenvalue weighted by atomic mass is 32.1. The molecule has 0 bridgehead atoms. The largest absolute Gasteiger partial charge is 0.465 e. The lowest BCUT2D eigenvalue weighted by molar-refractivity contribution is 0.0431. The number of nitrogens with zero attached hydrogens (tertiary/aromatic N) is 1. The van der Waals surface area contributed by atoms with Gasteiger partial charge in [0.15, 0.2) is 0 Å². The van der Waals surface area contributed by atoms with E-state index in [9.17, 15) is 14.4 Å². The Balaban J connectivity index is 2.70. The van der Waals surface area contributed by atoms with Crippen LogP contribution in [-0.4, -0.2) is 36.5 Å². The lowest BCUT2D eigenvalue weighted by Gasteiger charge is -2.28. The maximum atomic E-state index is 12.9. The molecule has 8 heteroatoms. The zero-order valence-electron chi connectivity index (χ0n) is 17.1. The number of rotatable bonds is 2. The van der Waals surface area contributed by atoms with Crippen molar-refractivity contribution in [3.8, 4) is 0 Å². The topological polar surface area (TPSA) is 82.1 Å². The molecule has 0 aliphatic rings. The average molecular weight is 407 g/mol. The highest BCUT2D eigenvalue weighted by Crippen LogP contribution is 2.40. The van der Waals surface area contributed by atoms with Crippen molar-refractivity contribution in [3.63, 3.8) is 0 Å². The highest BCUT2D eigenvalue weighted by molar-refractivity contribution is 7.21. The molecule has 0 radical (unpaired) electrons. The predicted octanol–water partition coefficient (Wildman–Crippen LogP) is 5.36. The van der Waals surface area contributed by atoms with E-state index in [4.69, 9.17) is 14.2 Å². The van der Waals surface area contributed by atoms with Crippen LogP contribution in [0.2, 0.25) is 0 Å². The van der Waals surface area contributed by atoms with Gasteiger partial charge in [-0.05, 0) is 47.6 Å². The molecule has 2 aromatic rings. The maximum Gasteiger partial charge on any atom is 0.424 e. The molecule has 0 atom stereocenters. The summed E-state index contributed by atoms with van der Waals surface area (Å²) in [6.07, 6.45) is -1.87. The zero-order valence-corrected chi connectivity index (χ0v) is 17.9. The monoisotopic (exact) mass is 407 g/mol. The molecule has 0 fully saturated rings. The zero-order chi connectivity index (χ0) is 21.3. The molecule has 0 N–H and O–H groups in total. The van der Waals surface area contributed by atoms with Gasteiger partial charge in [-0.1, -0.05) is 18.2 Å². The molecular weight excluding hydrogens is 382 g/mol. The van der Waals surface area contributed by atoms with Gasteiger partial charge in [0.05, 0.1) is 12.8 Å². The fraction of sp³-hybridized carbons (Fsp3) is 0.450. The lowest BCUT2D eigenvalue weighted by Crippen LogP contribution is -2.44. The number of imide groups is 1. The number of amides is 2. The Bertz CT molecular complexity index is 876. The SMILES string of the molecule is COC(=O)c1sc2ccccc2c1N(C(=O)OC(C)(C)C)C(=O)OC(C)(C)C. The van der Waals surface area contributed by atoms with Crippen molar-refractivity contribution < 1.29 is 28.6 Å². The average Bonchev–Trinajstić information content (AvgIpc) is 2.90. The molecule has 1 aromatic heterocycles. The molecule has 1 heterocycles. The molecule has 0 aliphatic heterocycles. The van der Waals surface area contributed by atoms with Crippen molar-refractivity contribution in [2.24, 2.45) is 0 Å². The van der Waals surface area contributed by atoms with E-state index in [2.05, 4.69) is 0 Å². The van der Waals surface area contributed by atoms with Crippen LogP contribution < -0.4 is 4.90 Å². The van der Waals surface area contributed by atoms with Crippen LogP contribution in [-0.2, 0) is 14.2 Å². The van der Waals surface area contributed by atoms with Crippen LogP contribution >= 0.6 is 11.3 Å². The van der Waals surface area contributed by atoms with E-state index in [1.165, 1.54) is 7.11 Å². The maximum absolute atomic E-state index is 12.9. The van der Waals surface area contributed by atoms with Crippen molar-refractivity contribution in [2.75, 3.05) is 12.0 Å². The van der Waals surface area contributed by atoms with Crippen LogP contribution in [0.3, 0.4) is 0 Å². The molecular formula is C20H25NO6S. The Kier molecular flexibility index (Phi) is 6.03. The Hall–Kier alpha value is -2.61. The number of ether oxygens (including phenoxy) is 3. The summed E-state index contributed by atoms with van der Waals surface area (Å²) in [6.45, 7) is 10.1. The summed E-state index contributed by atoms with van der Waals surface area (Å²) >= 11 is 1.12. The van der Waals surface area contributed by atoms with Crippen molar-refractivity contribution in [2.45, 2.75) is 52.7 Å². The van der Waals surface area contributed by atoms with Gasteiger partial charge in [-0.3, -0.25) is 0 Å². The number of anilines is 1. The summed E-state index contributed by atoms with van der Waals surface area (Å²) in [4.78, 5) is 39.2. The number of hydrogen-bond acceptors (Lipinski definition) is 7. The van der Waals surface area contributed by atoms with Crippen LogP contribution in [0, 0.1) is 0 Å². The van der Waals surface area contributed by atoms with Crippen molar-refractivity contribution >= 4 is 45.3 Å². The molecule has 0 unspecified atom stereocenters. The van der Waals surface area contributed by atoms with Crippen LogP contribution in [0.25, 0.3) is 10.1 Å². The van der Waals surface area contributed by atoms with Gasteiger partial charge in [0.2, 0.25) is 0 Å². The number of esters is 1. The first-order chi connectivity index (χ1) is 12.8. The molecule has 0 saturated carbocycles. The number of methoxy groups -OCH3 is 1. The first-order valence-corrected chi connectivity index (χ1v) is 9.51. The molecule has 0 spiro atoms. The van der Waals surface area contributed by atoms with Crippen molar-refractivity contribution in [3.05, 3.63) is 29.1 Å². The summed E-state index contributed by atoms with van der Waals surface area (Å²) in [6, 6.07) is 7.06. The van der Waals surface area contributed by atoms with Crippen molar-refractivity contribution in [1.29, 1.82) is 0 Å². The summed E-state index contributed by atoms with van der Waals surface area (Å²) in [7, 11) is 1.24. The van der Waals surface area contributed by atoms with Gasteiger partial charge in [-0.25, -0.2) is 14.4 Å². The second-order valence-corrected chi connectivity index (χ2v) is 9.12. The summed E-state index contributed by atoms with van der Waals surface area (Å²) < 4.78 is 16.4. The lowest BCUT2D eigenvalue weighted by atomic mass is 10.2. The standard InChI is InChI=1S/C20H25NO6S/c1-19(2,3)26-17(23)21(18(24)27-20(4,5)6)14-12-10-8-9-11-13(12)28-15(14)16(22)25-7/h8-11H,1-7H3. The molecule has 2 amide bonds. The van der Waals surface area contributed by atoms with Gasteiger partial charge in [-0.15, -0.1) is 11.3 Å². The van der Waals surface area contributed by atoms with E-state index in [0.29, 0.717) is 5.39 Å². The normalized spacial score (nSPS) is 11.8. The van der Waals surface area contributed by atoms with Crippen LogP contribution in [0.1, 0.15) is 51.2 Å². The van der Waals surface area contributed by atoms with E-state index in [-0.39, 0.29) is 10.6 Å². The summed E-state index contributed by atoms with van der Waals surface area (Å²) in [5.74, 6) is -0.659. The highest BCUT2D eigenvalue weighted by Gasteiger charge is 2.37. The number of carbonyl (C=O) groups excluding carboxylic acids is 3. The third-order valence-electron chi connectivity index (χ3n) is 3.32. The van der Waals surface area contributed by atoms with Gasteiger partial charge >= 0.3 is 18.2 Å². The smallest absolute Gasteiger partial charge is 0.424 e. The minimum absolute atomic E-state index is 0.0935. The molecule has 0 saturated heterocycles. The van der Waals surface area contributed by atoms with Gasteiger partial charge in [0, 0.05) is 10.1 Å². The van der Waals surface area contributed by atoms with Crippen LogP contribution in [0.15, 0.2) is 24.3 Å². The van der Waals surface area contributed by atoms with Crippen LogP contribution in [0.4, 0.5) is 15.3 Å². The van der Waals surface area contributed by atoms with E-state index < -0.39 is 29.4 Å². The Morgan fingerprint density at radius 3 is 1.86 bits per heavy atom. The number of fused-ring (bicyclic) bond motifs is 1. The van der Waals surface area contributed by atoms with Gasteiger partial charge in [-0.2, -0.15) is 4.90 Å². The molecule has 2 rings (SSSR count). The molecule has 152 valence electrons. The third kappa shape index (κ3) is 5.01. The first kappa shape index (κ1) is 21.7. The van der Waals surface area contributed by atoms with Crippen LogP contribution in [0.5, 0.6) is 0 Å². The Morgan fingerprint density at radius 2 is 1.39 bits per heavy atom. The number of carbonyl (C=O) groups is 3.